The third-order valence-corrected chi connectivity index (χ3v) is 6.56. The standard InChI is InChI=1S/C31H31F2NO6/c1-4-6-7-16-40-22-12-8-19(9-13-22)29(35)27-28(20-10-15-25(38-3)26(17-20)39-5-2)34(31(37)30(27)36)24-18-21(32)11-14-23(24)33/h8-15,17-18,28,35H,4-7,16H2,1-3H3/b29-27+. The lowest BCUT2D eigenvalue weighted by molar-refractivity contribution is -0.132. The lowest BCUT2D eigenvalue weighted by atomic mass is 9.94. The molecule has 210 valence electrons. The number of anilines is 1. The van der Waals surface area contributed by atoms with E-state index in [-0.39, 0.29) is 11.1 Å². The third kappa shape index (κ3) is 5.78. The van der Waals surface area contributed by atoms with Crippen molar-refractivity contribution in [1.29, 1.82) is 0 Å². The van der Waals surface area contributed by atoms with Crippen LogP contribution in [0.25, 0.3) is 5.76 Å². The first-order valence-corrected chi connectivity index (χ1v) is 13.1. The van der Waals surface area contributed by atoms with Crippen molar-refractivity contribution in [2.45, 2.75) is 39.2 Å². The number of aliphatic hydroxyl groups is 1. The van der Waals surface area contributed by atoms with Crippen molar-refractivity contribution < 1.29 is 37.7 Å². The van der Waals surface area contributed by atoms with Crippen LogP contribution in [0.15, 0.2) is 66.2 Å². The fourth-order valence-corrected chi connectivity index (χ4v) is 4.61. The number of halogens is 2. The first-order valence-electron chi connectivity index (χ1n) is 13.1. The number of hydrogen-bond donors (Lipinski definition) is 1. The molecule has 3 aromatic rings. The van der Waals surface area contributed by atoms with Gasteiger partial charge in [-0.15, -0.1) is 0 Å². The number of ether oxygens (including phenoxy) is 3. The predicted octanol–water partition coefficient (Wildman–Crippen LogP) is 6.57. The zero-order chi connectivity index (χ0) is 28.8. The van der Waals surface area contributed by atoms with Gasteiger partial charge in [-0.1, -0.05) is 25.8 Å². The summed E-state index contributed by atoms with van der Waals surface area (Å²) in [5.74, 6) is -3.02. The number of carbonyl (C=O) groups is 2. The van der Waals surface area contributed by atoms with Crippen LogP contribution in [0, 0.1) is 11.6 Å². The summed E-state index contributed by atoms with van der Waals surface area (Å²) in [5.41, 5.74) is -0.139. The van der Waals surface area contributed by atoms with Gasteiger partial charge in [0, 0.05) is 11.6 Å². The molecule has 3 aromatic carbocycles. The highest BCUT2D eigenvalue weighted by Gasteiger charge is 2.48. The highest BCUT2D eigenvalue weighted by molar-refractivity contribution is 6.51. The normalized spacial score (nSPS) is 16.3. The Morgan fingerprint density at radius 3 is 2.35 bits per heavy atom. The van der Waals surface area contributed by atoms with Crippen LogP contribution in [0.1, 0.15) is 50.3 Å². The Balaban J connectivity index is 1.84. The molecule has 4 rings (SSSR count). The van der Waals surface area contributed by atoms with Gasteiger partial charge in [-0.05, 0) is 67.4 Å². The number of amides is 1. The van der Waals surface area contributed by atoms with E-state index in [1.54, 1.807) is 49.4 Å². The predicted molar refractivity (Wildman–Crippen MR) is 147 cm³/mol. The van der Waals surface area contributed by atoms with E-state index in [1.165, 1.54) is 7.11 Å². The Kier molecular flexibility index (Phi) is 9.04. The smallest absolute Gasteiger partial charge is 0.300 e. The lowest BCUT2D eigenvalue weighted by Crippen LogP contribution is -2.30. The second-order valence-electron chi connectivity index (χ2n) is 9.19. The van der Waals surface area contributed by atoms with Crippen molar-refractivity contribution in [2.75, 3.05) is 25.2 Å². The third-order valence-electron chi connectivity index (χ3n) is 6.56. The summed E-state index contributed by atoms with van der Waals surface area (Å²) in [5, 5.41) is 11.4. The van der Waals surface area contributed by atoms with Crippen LogP contribution in [0.5, 0.6) is 17.2 Å². The van der Waals surface area contributed by atoms with E-state index in [0.29, 0.717) is 36.0 Å². The molecule has 0 spiro atoms. The summed E-state index contributed by atoms with van der Waals surface area (Å²) in [4.78, 5) is 27.6. The fourth-order valence-electron chi connectivity index (χ4n) is 4.61. The van der Waals surface area contributed by atoms with Gasteiger partial charge in [-0.25, -0.2) is 8.78 Å². The number of methoxy groups -OCH3 is 1. The van der Waals surface area contributed by atoms with Crippen LogP contribution in [0.2, 0.25) is 0 Å². The molecular weight excluding hydrogens is 520 g/mol. The van der Waals surface area contributed by atoms with E-state index < -0.39 is 40.8 Å². The maximum atomic E-state index is 15.0. The maximum Gasteiger partial charge on any atom is 0.300 e. The molecule has 1 atom stereocenters. The van der Waals surface area contributed by atoms with Crippen LogP contribution in [-0.2, 0) is 9.59 Å². The van der Waals surface area contributed by atoms with Gasteiger partial charge < -0.3 is 19.3 Å². The Hall–Kier alpha value is -4.40. The molecule has 1 unspecified atom stereocenters. The highest BCUT2D eigenvalue weighted by atomic mass is 19.1. The van der Waals surface area contributed by atoms with Crippen LogP contribution in [-0.4, -0.2) is 37.1 Å². The van der Waals surface area contributed by atoms with E-state index in [0.717, 1.165) is 42.4 Å². The van der Waals surface area contributed by atoms with Crippen LogP contribution >= 0.6 is 0 Å². The molecule has 1 amide bonds. The first kappa shape index (κ1) is 28.6. The van der Waals surface area contributed by atoms with E-state index in [2.05, 4.69) is 6.92 Å². The molecule has 40 heavy (non-hydrogen) atoms. The minimum atomic E-state index is -1.29. The molecule has 9 heteroatoms. The van der Waals surface area contributed by atoms with Gasteiger partial charge in [0.15, 0.2) is 11.5 Å². The Morgan fingerprint density at radius 2 is 1.68 bits per heavy atom. The number of aliphatic hydroxyl groups excluding tert-OH is 1. The van der Waals surface area contributed by atoms with Crippen molar-refractivity contribution in [3.8, 4) is 17.2 Å². The molecule has 0 aromatic heterocycles. The van der Waals surface area contributed by atoms with Crippen LogP contribution in [0.3, 0.4) is 0 Å². The monoisotopic (exact) mass is 551 g/mol. The van der Waals surface area contributed by atoms with Crippen LogP contribution in [0.4, 0.5) is 14.5 Å². The number of benzene rings is 3. The molecule has 0 radical (unpaired) electrons. The second-order valence-corrected chi connectivity index (χ2v) is 9.19. The zero-order valence-electron chi connectivity index (χ0n) is 22.6. The van der Waals surface area contributed by atoms with Gasteiger partial charge in [0.05, 0.1) is 37.6 Å². The number of nitrogens with zero attached hydrogens (tertiary/aromatic N) is 1. The van der Waals surface area contributed by atoms with Crippen molar-refractivity contribution in [2.24, 2.45) is 0 Å². The molecule has 0 saturated carbocycles. The molecule has 1 fully saturated rings. The lowest BCUT2D eigenvalue weighted by Gasteiger charge is -2.26. The van der Waals surface area contributed by atoms with Crippen molar-refractivity contribution in [3.05, 3.63) is 89.0 Å². The molecule has 0 aliphatic carbocycles. The Bertz CT molecular complexity index is 1420. The number of hydrogen-bond acceptors (Lipinski definition) is 6. The van der Waals surface area contributed by atoms with Crippen molar-refractivity contribution >= 4 is 23.1 Å². The summed E-state index contributed by atoms with van der Waals surface area (Å²) in [7, 11) is 1.46. The molecule has 1 heterocycles. The topological polar surface area (TPSA) is 85.3 Å². The minimum Gasteiger partial charge on any atom is -0.507 e. The summed E-state index contributed by atoms with van der Waals surface area (Å²) in [6.45, 7) is 4.72. The average molecular weight is 552 g/mol. The zero-order valence-corrected chi connectivity index (χ0v) is 22.6. The SMILES string of the molecule is CCCCCOc1ccc(/C(O)=C2\C(=O)C(=O)N(c3cc(F)ccc3F)C2c2ccc(OC)c(OCC)c2)cc1. The van der Waals surface area contributed by atoms with Gasteiger partial charge >= 0.3 is 0 Å². The van der Waals surface area contributed by atoms with E-state index in [1.807, 2.05) is 0 Å². The summed E-state index contributed by atoms with van der Waals surface area (Å²) in [6, 6.07) is 12.5. The number of unbranched alkanes of at least 4 members (excludes halogenated alkanes) is 2. The Labute approximate surface area is 231 Å². The molecule has 0 bridgehead atoms. The summed E-state index contributed by atoms with van der Waals surface area (Å²) in [6.07, 6.45) is 3.01. The molecule has 1 saturated heterocycles. The van der Waals surface area contributed by atoms with Gasteiger partial charge in [0.1, 0.15) is 23.1 Å². The molecular formula is C31H31F2NO6. The largest absolute Gasteiger partial charge is 0.507 e. The van der Waals surface area contributed by atoms with Gasteiger partial charge in [0.25, 0.3) is 11.7 Å². The Morgan fingerprint density at radius 1 is 0.925 bits per heavy atom. The molecule has 1 aliphatic rings. The van der Waals surface area contributed by atoms with E-state index in [4.69, 9.17) is 14.2 Å². The summed E-state index contributed by atoms with van der Waals surface area (Å²) < 4.78 is 45.9. The van der Waals surface area contributed by atoms with Gasteiger partial charge in [-0.3, -0.25) is 14.5 Å². The van der Waals surface area contributed by atoms with Gasteiger partial charge in [-0.2, -0.15) is 0 Å². The number of Topliss-reactive ketones (excluding diaryl/α,β-unsaturated/α-hetero) is 1. The fraction of sp³-hybridized carbons (Fsp3) is 0.290. The number of carbonyl (C=O) groups excluding carboxylic acids is 2. The molecule has 7 nitrogen and oxygen atoms in total. The summed E-state index contributed by atoms with van der Waals surface area (Å²) >= 11 is 0. The molecule has 1 aliphatic heterocycles. The average Bonchev–Trinajstić information content (AvgIpc) is 3.22. The van der Waals surface area contributed by atoms with E-state index in [9.17, 15) is 23.5 Å². The van der Waals surface area contributed by atoms with Crippen molar-refractivity contribution in [3.63, 3.8) is 0 Å². The van der Waals surface area contributed by atoms with E-state index >= 15 is 0 Å². The van der Waals surface area contributed by atoms with Crippen molar-refractivity contribution in [1.82, 2.24) is 0 Å². The van der Waals surface area contributed by atoms with Crippen LogP contribution < -0.4 is 19.1 Å². The minimum absolute atomic E-state index is 0.252. The number of ketones is 1. The quantitative estimate of drug-likeness (QED) is 0.126. The number of rotatable bonds is 11. The second kappa shape index (κ2) is 12.6. The first-order chi connectivity index (χ1) is 19.3. The molecule has 1 N–H and O–H groups in total. The highest BCUT2D eigenvalue weighted by Crippen LogP contribution is 2.45. The van der Waals surface area contributed by atoms with Gasteiger partial charge in [0.2, 0.25) is 0 Å². The maximum absolute atomic E-state index is 15.0.